The topological polar surface area (TPSA) is 69.7 Å². The van der Waals surface area contributed by atoms with Crippen LogP contribution in [-0.2, 0) is 10.0 Å². The van der Waals surface area contributed by atoms with Crippen LogP contribution in [-0.4, -0.2) is 62.3 Å². The zero-order valence-electron chi connectivity index (χ0n) is 15.2. The van der Waals surface area contributed by atoms with Crippen molar-refractivity contribution in [2.24, 2.45) is 0 Å². The predicted octanol–water partition coefficient (Wildman–Crippen LogP) is 1.85. The van der Waals surface area contributed by atoms with Crippen LogP contribution in [0, 0.1) is 0 Å². The molecule has 1 saturated heterocycles. The van der Waals surface area contributed by atoms with Gasteiger partial charge in [-0.2, -0.15) is 4.31 Å². The Balaban J connectivity index is 1.82. The number of sulfonamides is 1. The van der Waals surface area contributed by atoms with Crippen molar-refractivity contribution in [3.8, 4) is 0 Å². The number of nitrogens with zero attached hydrogens (tertiary/aromatic N) is 2. The Morgan fingerprint density at radius 3 is 2.92 bits per heavy atom. The van der Waals surface area contributed by atoms with Gasteiger partial charge < -0.3 is 10.2 Å². The van der Waals surface area contributed by atoms with E-state index in [0.29, 0.717) is 31.7 Å². The Morgan fingerprint density at radius 2 is 2.12 bits per heavy atom. The molecule has 3 rings (SSSR count). The first-order chi connectivity index (χ1) is 12.5. The van der Waals surface area contributed by atoms with Crippen LogP contribution in [0.2, 0.25) is 0 Å². The minimum atomic E-state index is -3.58. The van der Waals surface area contributed by atoms with Crippen LogP contribution in [0.25, 0.3) is 0 Å². The Labute approximate surface area is 155 Å². The summed E-state index contributed by atoms with van der Waals surface area (Å²) in [5.41, 5.74) is 0.434. The van der Waals surface area contributed by atoms with Crippen LogP contribution < -0.4 is 5.32 Å². The molecular weight excluding hydrogens is 350 g/mol. The number of benzene rings is 1. The van der Waals surface area contributed by atoms with Gasteiger partial charge in [0.25, 0.3) is 5.91 Å². The largest absolute Gasteiger partial charge is 0.328 e. The summed E-state index contributed by atoms with van der Waals surface area (Å²) < 4.78 is 27.4. The van der Waals surface area contributed by atoms with Gasteiger partial charge in [-0.15, -0.1) is 0 Å². The van der Waals surface area contributed by atoms with E-state index in [4.69, 9.17) is 0 Å². The molecule has 1 atom stereocenters. The van der Waals surface area contributed by atoms with E-state index in [0.717, 1.165) is 25.8 Å². The average Bonchev–Trinajstić information content (AvgIpc) is 2.92. The summed E-state index contributed by atoms with van der Waals surface area (Å²) in [6, 6.07) is 6.57. The summed E-state index contributed by atoms with van der Waals surface area (Å²) in [5.74, 6) is -0.108. The highest BCUT2D eigenvalue weighted by molar-refractivity contribution is 7.89. The van der Waals surface area contributed by atoms with E-state index in [2.05, 4.69) is 18.3 Å². The van der Waals surface area contributed by atoms with E-state index in [-0.39, 0.29) is 16.8 Å². The quantitative estimate of drug-likeness (QED) is 0.795. The summed E-state index contributed by atoms with van der Waals surface area (Å²) in [6.07, 6.45) is 6.77. The summed E-state index contributed by atoms with van der Waals surface area (Å²) >= 11 is 0. The highest BCUT2D eigenvalue weighted by Crippen LogP contribution is 2.22. The van der Waals surface area contributed by atoms with Crippen molar-refractivity contribution in [2.75, 3.05) is 32.7 Å². The molecule has 7 heteroatoms. The maximum absolute atomic E-state index is 13.0. The highest BCUT2D eigenvalue weighted by Gasteiger charge is 2.28. The van der Waals surface area contributed by atoms with E-state index in [1.54, 1.807) is 18.2 Å². The minimum Gasteiger partial charge on any atom is -0.328 e. The van der Waals surface area contributed by atoms with E-state index < -0.39 is 10.0 Å². The normalized spacial score (nSPS) is 21.7. The Bertz CT molecular complexity index is 768. The van der Waals surface area contributed by atoms with Crippen LogP contribution in [0.4, 0.5) is 0 Å². The van der Waals surface area contributed by atoms with Gasteiger partial charge in [0.05, 0.1) is 10.9 Å². The van der Waals surface area contributed by atoms with Gasteiger partial charge in [0.15, 0.2) is 0 Å². The molecule has 0 spiro atoms. The van der Waals surface area contributed by atoms with Crippen LogP contribution in [0.1, 0.15) is 36.5 Å². The van der Waals surface area contributed by atoms with Crippen LogP contribution in [0.15, 0.2) is 41.3 Å². The molecule has 1 fully saturated rings. The maximum atomic E-state index is 13.0. The fourth-order valence-electron chi connectivity index (χ4n) is 3.52. The summed E-state index contributed by atoms with van der Waals surface area (Å²) in [6.45, 7) is 5.11. The molecule has 1 aromatic carbocycles. The Morgan fingerprint density at radius 1 is 1.27 bits per heavy atom. The molecule has 1 aromatic rings. The lowest BCUT2D eigenvalue weighted by Crippen LogP contribution is -2.36. The number of hydrogen-bond donors (Lipinski definition) is 1. The predicted molar refractivity (Wildman–Crippen MR) is 102 cm³/mol. The molecule has 0 unspecified atom stereocenters. The van der Waals surface area contributed by atoms with Gasteiger partial charge in [0.2, 0.25) is 10.0 Å². The van der Waals surface area contributed by atoms with Gasteiger partial charge in [-0.1, -0.05) is 31.6 Å². The highest BCUT2D eigenvalue weighted by atomic mass is 32.2. The molecule has 142 valence electrons. The smallest absolute Gasteiger partial charge is 0.254 e. The third-order valence-corrected chi connectivity index (χ3v) is 6.82. The van der Waals surface area contributed by atoms with Crippen molar-refractivity contribution in [1.82, 2.24) is 14.5 Å². The molecule has 6 nitrogen and oxygen atoms in total. The summed E-state index contributed by atoms with van der Waals surface area (Å²) in [7, 11) is -3.58. The number of amides is 1. The zero-order valence-corrected chi connectivity index (χ0v) is 16.0. The van der Waals surface area contributed by atoms with Crippen molar-refractivity contribution < 1.29 is 13.2 Å². The second kappa shape index (κ2) is 8.33. The standard InChI is InChI=1S/C19H27N3O3S/c1-2-6-17-8-4-13-22(17)19(23)16-7-3-9-18(15-16)26(24,25)21-12-5-10-20-11-14-21/h3-4,7-9,15,17,20H,2,5-6,10-14H2,1H3/t17-/m1/s1. The molecule has 0 bridgehead atoms. The lowest BCUT2D eigenvalue weighted by molar-refractivity contribution is 0.0744. The van der Waals surface area contributed by atoms with E-state index in [9.17, 15) is 13.2 Å². The van der Waals surface area contributed by atoms with Crippen LogP contribution in [0.5, 0.6) is 0 Å². The summed E-state index contributed by atoms with van der Waals surface area (Å²) in [5, 5.41) is 3.21. The number of hydrogen-bond acceptors (Lipinski definition) is 4. The number of rotatable bonds is 5. The third-order valence-electron chi connectivity index (χ3n) is 4.92. The number of carbonyl (C=O) groups is 1. The van der Waals surface area contributed by atoms with Crippen molar-refractivity contribution in [3.63, 3.8) is 0 Å². The van der Waals surface area contributed by atoms with Crippen molar-refractivity contribution >= 4 is 15.9 Å². The maximum Gasteiger partial charge on any atom is 0.254 e. The molecule has 0 radical (unpaired) electrons. The number of nitrogens with one attached hydrogen (secondary N) is 1. The van der Waals surface area contributed by atoms with Gasteiger partial charge in [-0.25, -0.2) is 8.42 Å². The fraction of sp³-hybridized carbons (Fsp3) is 0.526. The Kier molecular flexibility index (Phi) is 6.11. The van der Waals surface area contributed by atoms with Gasteiger partial charge in [-0.3, -0.25) is 4.79 Å². The third kappa shape index (κ3) is 4.00. The van der Waals surface area contributed by atoms with E-state index in [1.807, 2.05) is 11.0 Å². The second-order valence-electron chi connectivity index (χ2n) is 6.78. The van der Waals surface area contributed by atoms with Gasteiger partial charge >= 0.3 is 0 Å². The SMILES string of the molecule is CCC[C@@H]1C=CCN1C(=O)c1cccc(S(=O)(=O)N2CCCNCC2)c1. The fourth-order valence-corrected chi connectivity index (χ4v) is 5.04. The molecule has 2 heterocycles. The molecule has 0 aromatic heterocycles. The first-order valence-electron chi connectivity index (χ1n) is 9.32. The first kappa shape index (κ1) is 19.1. The lowest BCUT2D eigenvalue weighted by atomic mass is 10.1. The lowest BCUT2D eigenvalue weighted by Gasteiger charge is -2.25. The van der Waals surface area contributed by atoms with Crippen molar-refractivity contribution in [1.29, 1.82) is 0 Å². The first-order valence-corrected chi connectivity index (χ1v) is 10.8. The molecular formula is C19H27N3O3S. The zero-order chi connectivity index (χ0) is 18.6. The molecule has 26 heavy (non-hydrogen) atoms. The van der Waals surface area contributed by atoms with E-state index >= 15 is 0 Å². The van der Waals surface area contributed by atoms with Crippen LogP contribution >= 0.6 is 0 Å². The molecule has 0 aliphatic carbocycles. The monoisotopic (exact) mass is 377 g/mol. The van der Waals surface area contributed by atoms with Crippen molar-refractivity contribution in [3.05, 3.63) is 42.0 Å². The molecule has 1 amide bonds. The van der Waals surface area contributed by atoms with Crippen molar-refractivity contribution in [2.45, 2.75) is 37.1 Å². The van der Waals surface area contributed by atoms with E-state index in [1.165, 1.54) is 10.4 Å². The average molecular weight is 378 g/mol. The molecule has 0 saturated carbocycles. The van der Waals surface area contributed by atoms with Gasteiger partial charge in [0.1, 0.15) is 0 Å². The van der Waals surface area contributed by atoms with Gasteiger partial charge in [-0.05, 0) is 37.6 Å². The summed E-state index contributed by atoms with van der Waals surface area (Å²) in [4.78, 5) is 14.9. The van der Waals surface area contributed by atoms with Crippen LogP contribution in [0.3, 0.4) is 0 Å². The van der Waals surface area contributed by atoms with Gasteiger partial charge in [0, 0.05) is 31.7 Å². The Hall–Kier alpha value is -1.70. The minimum absolute atomic E-state index is 0.101. The number of carbonyl (C=O) groups excluding carboxylic acids is 1. The molecule has 1 N–H and O–H groups in total. The molecule has 2 aliphatic heterocycles. The second-order valence-corrected chi connectivity index (χ2v) is 8.72. The molecule has 2 aliphatic rings.